The highest BCUT2D eigenvalue weighted by Gasteiger charge is 2.34. The molecule has 4 rings (SSSR count). The molecular weight excluding hydrogens is 491 g/mol. The van der Waals surface area contributed by atoms with Crippen molar-refractivity contribution in [3.05, 3.63) is 80.9 Å². The largest absolute Gasteiger partial charge is 0.494 e. The second-order valence-corrected chi connectivity index (χ2v) is 9.61. The molecule has 1 fully saturated rings. The molecule has 1 atom stereocenters. The first-order chi connectivity index (χ1) is 18.2. The van der Waals surface area contributed by atoms with Gasteiger partial charge in [-0.05, 0) is 56.5 Å². The second-order valence-electron chi connectivity index (χ2n) is 9.61. The molecule has 8 nitrogen and oxygen atoms in total. The van der Waals surface area contributed by atoms with Crippen LogP contribution in [0.1, 0.15) is 53.4 Å². The fourth-order valence-electron chi connectivity index (χ4n) is 5.01. The zero-order chi connectivity index (χ0) is 27.6. The predicted octanol–water partition coefficient (Wildman–Crippen LogP) is 4.56. The van der Waals surface area contributed by atoms with Crippen molar-refractivity contribution >= 4 is 5.91 Å². The number of pyridine rings is 1. The second kappa shape index (κ2) is 11.3. The van der Waals surface area contributed by atoms with Gasteiger partial charge in [-0.25, -0.2) is 4.39 Å². The third-order valence-corrected chi connectivity index (χ3v) is 6.83. The maximum absolute atomic E-state index is 14.6. The number of para-hydroxylation sites is 1. The predicted molar refractivity (Wildman–Crippen MR) is 141 cm³/mol. The van der Waals surface area contributed by atoms with Crippen molar-refractivity contribution < 1.29 is 28.5 Å². The van der Waals surface area contributed by atoms with E-state index in [0.717, 1.165) is 5.56 Å². The van der Waals surface area contributed by atoms with Crippen LogP contribution in [0.15, 0.2) is 47.3 Å². The molecule has 1 aromatic heterocycles. The fourth-order valence-corrected chi connectivity index (χ4v) is 5.01. The summed E-state index contributed by atoms with van der Waals surface area (Å²) in [5, 5.41) is 11.5. The van der Waals surface area contributed by atoms with Crippen LogP contribution in [0, 0.1) is 12.7 Å². The first-order valence-electron chi connectivity index (χ1n) is 12.5. The number of nitrogens with zero attached hydrogens (tertiary/aromatic N) is 2. The van der Waals surface area contributed by atoms with Gasteiger partial charge in [0.05, 0.1) is 32.6 Å². The normalized spacial score (nSPS) is 15.2. The third kappa shape index (κ3) is 5.11. The molecule has 1 N–H and O–H groups in total. The van der Waals surface area contributed by atoms with E-state index < -0.39 is 17.2 Å². The lowest BCUT2D eigenvalue weighted by atomic mass is 9.93. The van der Waals surface area contributed by atoms with Gasteiger partial charge in [-0.15, -0.1) is 0 Å². The summed E-state index contributed by atoms with van der Waals surface area (Å²) in [6, 6.07) is 11.3. The van der Waals surface area contributed by atoms with Crippen LogP contribution < -0.4 is 14.9 Å². The van der Waals surface area contributed by atoms with Crippen LogP contribution in [-0.2, 0) is 11.3 Å². The van der Waals surface area contributed by atoms with Crippen LogP contribution in [0.2, 0.25) is 0 Å². The van der Waals surface area contributed by atoms with Gasteiger partial charge in [0.15, 0.2) is 5.43 Å². The SMILES string of the molecule is COc1cccc(OC)c1-n1c(COC(C)C)cc(=O)c(C(=O)N2CCC(c3c(C)cccc3F)C2)c1O. The monoisotopic (exact) mass is 524 g/mol. The molecule has 1 saturated heterocycles. The van der Waals surface area contributed by atoms with Gasteiger partial charge in [-0.3, -0.25) is 14.2 Å². The Bertz CT molecular complexity index is 1360. The average molecular weight is 525 g/mol. The smallest absolute Gasteiger partial charge is 0.263 e. The number of aryl methyl sites for hydroxylation is 1. The van der Waals surface area contributed by atoms with Gasteiger partial charge in [-0.1, -0.05) is 18.2 Å². The van der Waals surface area contributed by atoms with Gasteiger partial charge in [0.25, 0.3) is 5.91 Å². The lowest BCUT2D eigenvalue weighted by molar-refractivity contribution is 0.0617. The fraction of sp³-hybridized carbons (Fsp3) is 0.379. The number of methoxy groups -OCH3 is 2. The average Bonchev–Trinajstić information content (AvgIpc) is 3.36. The summed E-state index contributed by atoms with van der Waals surface area (Å²) in [7, 11) is 2.95. The summed E-state index contributed by atoms with van der Waals surface area (Å²) < 4.78 is 32.8. The first-order valence-corrected chi connectivity index (χ1v) is 12.5. The Kier molecular flexibility index (Phi) is 8.06. The molecule has 0 bridgehead atoms. The third-order valence-electron chi connectivity index (χ3n) is 6.83. The maximum Gasteiger partial charge on any atom is 0.263 e. The molecule has 2 aromatic carbocycles. The molecule has 1 amide bonds. The molecule has 0 radical (unpaired) electrons. The number of likely N-dealkylation sites (tertiary alicyclic amines) is 1. The summed E-state index contributed by atoms with van der Waals surface area (Å²) in [5.41, 5.74) is 1.02. The van der Waals surface area contributed by atoms with Gasteiger partial charge in [-0.2, -0.15) is 0 Å². The number of carbonyl (C=O) groups excluding carboxylic acids is 1. The molecular formula is C29H33FN2O6. The highest BCUT2D eigenvalue weighted by molar-refractivity contribution is 5.96. The topological polar surface area (TPSA) is 90.2 Å². The van der Waals surface area contributed by atoms with E-state index in [1.165, 1.54) is 35.8 Å². The van der Waals surface area contributed by atoms with Crippen molar-refractivity contribution in [3.63, 3.8) is 0 Å². The minimum absolute atomic E-state index is 0.00547. The molecule has 9 heteroatoms. The van der Waals surface area contributed by atoms with Crippen molar-refractivity contribution in [2.24, 2.45) is 0 Å². The van der Waals surface area contributed by atoms with E-state index >= 15 is 0 Å². The summed E-state index contributed by atoms with van der Waals surface area (Å²) in [6.07, 6.45) is 0.397. The number of amides is 1. The number of benzene rings is 2. The number of halogens is 1. The minimum Gasteiger partial charge on any atom is -0.494 e. The number of rotatable bonds is 8. The van der Waals surface area contributed by atoms with Gasteiger partial charge in [0.1, 0.15) is 28.6 Å². The highest BCUT2D eigenvalue weighted by atomic mass is 19.1. The Morgan fingerprint density at radius 1 is 1.13 bits per heavy atom. The minimum atomic E-state index is -0.634. The maximum atomic E-state index is 14.6. The van der Waals surface area contributed by atoms with E-state index in [0.29, 0.717) is 41.4 Å². The van der Waals surface area contributed by atoms with E-state index in [1.807, 2.05) is 26.8 Å². The number of hydrogen-bond acceptors (Lipinski definition) is 6. The summed E-state index contributed by atoms with van der Waals surface area (Å²) in [6.45, 7) is 6.10. The molecule has 202 valence electrons. The van der Waals surface area contributed by atoms with Crippen molar-refractivity contribution in [1.29, 1.82) is 0 Å². The number of ether oxygens (including phenoxy) is 3. The van der Waals surface area contributed by atoms with Crippen LogP contribution in [0.3, 0.4) is 0 Å². The van der Waals surface area contributed by atoms with E-state index in [1.54, 1.807) is 24.3 Å². The highest BCUT2D eigenvalue weighted by Crippen LogP contribution is 2.38. The Labute approximate surface area is 221 Å². The van der Waals surface area contributed by atoms with Crippen LogP contribution in [0.5, 0.6) is 17.4 Å². The summed E-state index contributed by atoms with van der Waals surface area (Å²) in [4.78, 5) is 28.4. The van der Waals surface area contributed by atoms with Gasteiger partial charge >= 0.3 is 0 Å². The van der Waals surface area contributed by atoms with E-state index in [-0.39, 0.29) is 36.6 Å². The Morgan fingerprint density at radius 3 is 2.39 bits per heavy atom. The zero-order valence-corrected chi connectivity index (χ0v) is 22.3. The molecule has 2 heterocycles. The summed E-state index contributed by atoms with van der Waals surface area (Å²) in [5.74, 6) is -0.960. The van der Waals surface area contributed by atoms with Crippen molar-refractivity contribution in [3.8, 4) is 23.1 Å². The Balaban J connectivity index is 1.81. The van der Waals surface area contributed by atoms with Gasteiger partial charge in [0.2, 0.25) is 5.88 Å². The number of hydrogen-bond donors (Lipinski definition) is 1. The molecule has 1 aliphatic rings. The quantitative estimate of drug-likeness (QED) is 0.465. The molecule has 3 aromatic rings. The van der Waals surface area contributed by atoms with Gasteiger partial charge in [0, 0.05) is 25.1 Å². The van der Waals surface area contributed by atoms with Crippen molar-refractivity contribution in [2.75, 3.05) is 27.3 Å². The lowest BCUT2D eigenvalue weighted by Gasteiger charge is -2.23. The van der Waals surface area contributed by atoms with Gasteiger partial charge < -0.3 is 24.2 Å². The van der Waals surface area contributed by atoms with Crippen LogP contribution in [-0.4, -0.2) is 53.9 Å². The zero-order valence-electron chi connectivity index (χ0n) is 22.3. The molecule has 0 aliphatic carbocycles. The number of aromatic nitrogens is 1. The summed E-state index contributed by atoms with van der Waals surface area (Å²) >= 11 is 0. The lowest BCUT2D eigenvalue weighted by Crippen LogP contribution is -2.33. The first kappa shape index (κ1) is 27.2. The van der Waals surface area contributed by atoms with E-state index in [4.69, 9.17) is 14.2 Å². The van der Waals surface area contributed by atoms with Crippen molar-refractivity contribution in [2.45, 2.75) is 45.8 Å². The van der Waals surface area contributed by atoms with Crippen LogP contribution in [0.25, 0.3) is 5.69 Å². The molecule has 0 spiro atoms. The molecule has 0 saturated carbocycles. The number of carbonyl (C=O) groups is 1. The van der Waals surface area contributed by atoms with E-state index in [9.17, 15) is 19.1 Å². The molecule has 38 heavy (non-hydrogen) atoms. The van der Waals surface area contributed by atoms with E-state index in [2.05, 4.69) is 0 Å². The van der Waals surface area contributed by atoms with Crippen molar-refractivity contribution in [1.82, 2.24) is 9.47 Å². The number of aromatic hydroxyl groups is 1. The molecule has 1 unspecified atom stereocenters. The Hall–Kier alpha value is -3.85. The molecule has 1 aliphatic heterocycles. The van der Waals surface area contributed by atoms with Crippen LogP contribution in [0.4, 0.5) is 4.39 Å². The van der Waals surface area contributed by atoms with Crippen LogP contribution >= 0.6 is 0 Å². The Morgan fingerprint density at radius 2 is 1.79 bits per heavy atom. The standard InChI is InChI=1S/C29H33FN2O6/c1-17(2)38-16-20-14-22(33)26(29(35)32(20)27-23(36-4)10-7-11-24(27)37-5)28(34)31-13-12-19(15-31)25-18(3)8-6-9-21(25)30/h6-11,14,17,19,35H,12-13,15-16H2,1-5H3.